The summed E-state index contributed by atoms with van der Waals surface area (Å²) < 4.78 is 14.4. The number of carbonyl (C=O) groups excluding carboxylic acids is 2. The zero-order chi connectivity index (χ0) is 15.0. The van der Waals surface area contributed by atoms with Gasteiger partial charge in [-0.3, -0.25) is 9.59 Å². The van der Waals surface area contributed by atoms with Crippen LogP contribution in [-0.4, -0.2) is 38.4 Å². The van der Waals surface area contributed by atoms with E-state index in [1.807, 2.05) is 27.7 Å². The monoisotopic (exact) mass is 306 g/mol. The van der Waals surface area contributed by atoms with Gasteiger partial charge in [0.25, 0.3) is 0 Å². The van der Waals surface area contributed by atoms with E-state index in [1.54, 1.807) is 7.11 Å². The summed E-state index contributed by atoms with van der Waals surface area (Å²) in [5, 5.41) is 0. The van der Waals surface area contributed by atoms with Gasteiger partial charge in [-0.1, -0.05) is 28.7 Å². The molecule has 0 spiro atoms. The fraction of sp³-hybridized carbons (Fsp3) is 0.875. The number of esters is 2. The van der Waals surface area contributed by atoms with E-state index in [9.17, 15) is 9.59 Å². The van der Waals surface area contributed by atoms with Crippen molar-refractivity contribution < 1.29 is 23.8 Å². The molecule has 0 bridgehead atoms. The van der Waals surface area contributed by atoms with E-state index >= 15 is 0 Å². The molecule has 4 atom stereocenters. The molecule has 1 saturated heterocycles. The molecule has 0 N–H and O–H groups in total. The van der Waals surface area contributed by atoms with Crippen LogP contribution in [-0.2, 0) is 23.8 Å². The first kappa shape index (κ1) is 24.9. The molecule has 0 saturated carbocycles. The Kier molecular flexibility index (Phi) is 15.0. The van der Waals surface area contributed by atoms with E-state index in [4.69, 9.17) is 9.47 Å². The summed E-state index contributed by atoms with van der Waals surface area (Å²) >= 11 is 0. The number of rotatable bonds is 4. The SMILES string of the molecule is C.C.CC1CC(=O)OC1C.COC(=O)CC(C)C(C)OC. The van der Waals surface area contributed by atoms with Gasteiger partial charge in [-0.15, -0.1) is 0 Å². The Bertz CT molecular complexity index is 278. The molecule has 0 aromatic carbocycles. The highest BCUT2D eigenvalue weighted by Crippen LogP contribution is 2.19. The summed E-state index contributed by atoms with van der Waals surface area (Å²) in [6, 6.07) is 0. The van der Waals surface area contributed by atoms with E-state index in [0.29, 0.717) is 18.8 Å². The predicted molar refractivity (Wildman–Crippen MR) is 85.1 cm³/mol. The molecule has 5 heteroatoms. The lowest BCUT2D eigenvalue weighted by Crippen LogP contribution is -2.20. The zero-order valence-corrected chi connectivity index (χ0v) is 12.8. The van der Waals surface area contributed by atoms with Crippen LogP contribution in [0.5, 0.6) is 0 Å². The first-order valence-corrected chi connectivity index (χ1v) is 6.60. The molecule has 0 radical (unpaired) electrons. The van der Waals surface area contributed by atoms with Crippen LogP contribution in [0.4, 0.5) is 0 Å². The number of methoxy groups -OCH3 is 2. The van der Waals surface area contributed by atoms with Crippen molar-refractivity contribution in [2.45, 2.75) is 67.6 Å². The Hall–Kier alpha value is -1.10. The van der Waals surface area contributed by atoms with E-state index in [2.05, 4.69) is 4.74 Å². The van der Waals surface area contributed by atoms with Crippen LogP contribution in [0.15, 0.2) is 0 Å². The van der Waals surface area contributed by atoms with Gasteiger partial charge < -0.3 is 14.2 Å². The highest BCUT2D eigenvalue weighted by atomic mass is 16.5. The van der Waals surface area contributed by atoms with Gasteiger partial charge in [0.15, 0.2) is 0 Å². The summed E-state index contributed by atoms with van der Waals surface area (Å²) in [7, 11) is 3.03. The lowest BCUT2D eigenvalue weighted by Gasteiger charge is -2.16. The average molecular weight is 306 g/mol. The Morgan fingerprint density at radius 2 is 1.81 bits per heavy atom. The van der Waals surface area contributed by atoms with Gasteiger partial charge in [-0.2, -0.15) is 0 Å². The fourth-order valence-corrected chi connectivity index (χ4v) is 1.54. The van der Waals surface area contributed by atoms with Crippen LogP contribution in [0.1, 0.15) is 55.4 Å². The molecule has 21 heavy (non-hydrogen) atoms. The van der Waals surface area contributed by atoms with Crippen molar-refractivity contribution in [1.29, 1.82) is 0 Å². The quantitative estimate of drug-likeness (QED) is 0.744. The third kappa shape index (κ3) is 10.3. The van der Waals surface area contributed by atoms with Crippen LogP contribution in [0.3, 0.4) is 0 Å². The summed E-state index contributed by atoms with van der Waals surface area (Å²) in [5.41, 5.74) is 0. The zero-order valence-electron chi connectivity index (χ0n) is 12.8. The standard InChI is InChI=1S/C8H16O3.C6H10O2.2CH4/c1-6(7(2)10-3)5-8(9)11-4;1-4-3-6(7)8-5(4)2;;/h6-7H,5H2,1-4H3;4-5H,3H2,1-2H3;2*1H4. The normalized spacial score (nSPS) is 22.5. The minimum Gasteiger partial charge on any atom is -0.469 e. The maximum atomic E-state index is 10.8. The molecule has 0 aromatic heterocycles. The van der Waals surface area contributed by atoms with Crippen LogP contribution in [0.2, 0.25) is 0 Å². The topological polar surface area (TPSA) is 61.8 Å². The lowest BCUT2D eigenvalue weighted by molar-refractivity contribution is -0.143. The minimum atomic E-state index is -0.179. The molecule has 1 heterocycles. The summed E-state index contributed by atoms with van der Waals surface area (Å²) in [4.78, 5) is 21.2. The van der Waals surface area contributed by atoms with Crippen molar-refractivity contribution in [3.63, 3.8) is 0 Å². The average Bonchev–Trinajstić information content (AvgIpc) is 2.65. The number of hydrogen-bond donors (Lipinski definition) is 0. The van der Waals surface area contributed by atoms with Gasteiger partial charge in [0.1, 0.15) is 6.10 Å². The predicted octanol–water partition coefficient (Wildman–Crippen LogP) is 3.45. The molecule has 1 aliphatic heterocycles. The van der Waals surface area contributed by atoms with Gasteiger partial charge in [0.05, 0.1) is 26.1 Å². The van der Waals surface area contributed by atoms with E-state index < -0.39 is 0 Å². The first-order chi connectivity index (χ1) is 8.81. The molecule has 1 aliphatic rings. The molecule has 128 valence electrons. The van der Waals surface area contributed by atoms with E-state index in [-0.39, 0.29) is 44.9 Å². The molecular weight excluding hydrogens is 272 g/mol. The lowest BCUT2D eigenvalue weighted by atomic mass is 10.0. The Labute approximate surface area is 130 Å². The van der Waals surface area contributed by atoms with Crippen LogP contribution >= 0.6 is 0 Å². The number of cyclic esters (lactones) is 1. The van der Waals surface area contributed by atoms with Gasteiger partial charge in [0, 0.05) is 13.0 Å². The van der Waals surface area contributed by atoms with Gasteiger partial charge >= 0.3 is 11.9 Å². The van der Waals surface area contributed by atoms with Crippen molar-refractivity contribution in [2.75, 3.05) is 14.2 Å². The molecular formula is C16H34O5. The second-order valence-electron chi connectivity index (χ2n) is 5.07. The van der Waals surface area contributed by atoms with Crippen molar-refractivity contribution in [3.8, 4) is 0 Å². The molecule has 1 fully saturated rings. The third-order valence-corrected chi connectivity index (χ3v) is 3.50. The van der Waals surface area contributed by atoms with Gasteiger partial charge in [-0.25, -0.2) is 0 Å². The van der Waals surface area contributed by atoms with Crippen molar-refractivity contribution in [1.82, 2.24) is 0 Å². The molecule has 0 aromatic rings. The highest BCUT2D eigenvalue weighted by molar-refractivity contribution is 5.71. The van der Waals surface area contributed by atoms with E-state index in [0.717, 1.165) is 0 Å². The number of ether oxygens (including phenoxy) is 3. The van der Waals surface area contributed by atoms with Crippen molar-refractivity contribution >= 4 is 11.9 Å². The highest BCUT2D eigenvalue weighted by Gasteiger charge is 2.26. The van der Waals surface area contributed by atoms with Gasteiger partial charge in [-0.05, 0) is 19.8 Å². The summed E-state index contributed by atoms with van der Waals surface area (Å²) in [5.74, 6) is 0.404. The number of carbonyl (C=O) groups is 2. The van der Waals surface area contributed by atoms with Crippen molar-refractivity contribution in [3.05, 3.63) is 0 Å². The third-order valence-electron chi connectivity index (χ3n) is 3.50. The minimum absolute atomic E-state index is 0. The Balaban J connectivity index is -0.000000291. The van der Waals surface area contributed by atoms with Crippen LogP contribution in [0.25, 0.3) is 0 Å². The molecule has 1 rings (SSSR count). The first-order valence-electron chi connectivity index (χ1n) is 6.60. The van der Waals surface area contributed by atoms with Gasteiger partial charge in [0.2, 0.25) is 0 Å². The summed E-state index contributed by atoms with van der Waals surface area (Å²) in [6.07, 6.45) is 1.27. The second kappa shape index (κ2) is 12.6. The molecule has 5 nitrogen and oxygen atoms in total. The largest absolute Gasteiger partial charge is 0.469 e. The maximum absolute atomic E-state index is 10.8. The Morgan fingerprint density at radius 3 is 2.05 bits per heavy atom. The maximum Gasteiger partial charge on any atom is 0.306 e. The summed E-state index contributed by atoms with van der Waals surface area (Å²) in [6.45, 7) is 7.85. The molecule has 0 aliphatic carbocycles. The number of hydrogen-bond acceptors (Lipinski definition) is 5. The molecule has 4 unspecified atom stereocenters. The molecule has 0 amide bonds. The van der Waals surface area contributed by atoms with Crippen LogP contribution in [0, 0.1) is 11.8 Å². The van der Waals surface area contributed by atoms with E-state index in [1.165, 1.54) is 7.11 Å². The fourth-order valence-electron chi connectivity index (χ4n) is 1.54. The van der Waals surface area contributed by atoms with Crippen molar-refractivity contribution in [2.24, 2.45) is 11.8 Å². The second-order valence-corrected chi connectivity index (χ2v) is 5.07. The Morgan fingerprint density at radius 1 is 1.29 bits per heavy atom. The van der Waals surface area contributed by atoms with Crippen LogP contribution < -0.4 is 0 Å². The smallest absolute Gasteiger partial charge is 0.306 e.